The number of hydrogen-bond donors (Lipinski definition) is 1. The lowest BCUT2D eigenvalue weighted by Gasteiger charge is -2.09. The van der Waals surface area contributed by atoms with Crippen LogP contribution in [0, 0.1) is 0 Å². The Hall–Kier alpha value is -2.82. The Balaban J connectivity index is 1.89. The summed E-state index contributed by atoms with van der Waals surface area (Å²) >= 11 is 0. The number of nitrogens with zero attached hydrogens (tertiary/aromatic N) is 2. The molecule has 1 aromatic heterocycles. The summed E-state index contributed by atoms with van der Waals surface area (Å²) in [6.07, 6.45) is 3.57. The Labute approximate surface area is 147 Å². The van der Waals surface area contributed by atoms with E-state index < -0.39 is 0 Å². The van der Waals surface area contributed by atoms with Crippen LogP contribution in [0.1, 0.15) is 37.0 Å². The zero-order valence-electron chi connectivity index (χ0n) is 14.7. The maximum Gasteiger partial charge on any atom is 0.262 e. The molecule has 3 rings (SSSR count). The van der Waals surface area contributed by atoms with Crippen LogP contribution in [-0.4, -0.2) is 22.3 Å². The van der Waals surface area contributed by atoms with E-state index in [1.807, 2.05) is 49.4 Å². The summed E-state index contributed by atoms with van der Waals surface area (Å²) in [5, 5.41) is 9.49. The predicted octanol–water partition coefficient (Wildman–Crippen LogP) is 4.49. The van der Waals surface area contributed by atoms with Gasteiger partial charge in [-0.2, -0.15) is 0 Å². The van der Waals surface area contributed by atoms with Gasteiger partial charge in [-0.05, 0) is 24.3 Å². The largest absolute Gasteiger partial charge is 0.476 e. The fraction of sp³-hybridized carbons (Fsp3) is 0.300. The number of amides is 1. The summed E-state index contributed by atoms with van der Waals surface area (Å²) in [4.78, 5) is 12.8. The van der Waals surface area contributed by atoms with Crippen molar-refractivity contribution in [3.63, 3.8) is 0 Å². The van der Waals surface area contributed by atoms with Crippen LogP contribution < -0.4 is 10.1 Å². The fourth-order valence-electron chi connectivity index (χ4n) is 2.73. The summed E-state index contributed by atoms with van der Waals surface area (Å²) in [5.41, 5.74) is 1.25. The van der Waals surface area contributed by atoms with Gasteiger partial charge >= 0.3 is 0 Å². The van der Waals surface area contributed by atoms with Crippen molar-refractivity contribution < 1.29 is 9.53 Å². The van der Waals surface area contributed by atoms with Crippen molar-refractivity contribution in [2.45, 2.75) is 33.2 Å². The number of carbonyl (C=O) groups is 1. The molecular formula is C20H23N3O2. The van der Waals surface area contributed by atoms with Gasteiger partial charge in [-0.15, -0.1) is 5.10 Å². The number of aromatic nitrogens is 2. The molecule has 0 spiro atoms. The highest BCUT2D eigenvalue weighted by atomic mass is 16.5. The summed E-state index contributed by atoms with van der Waals surface area (Å²) in [7, 11) is 0. The molecule has 0 aliphatic carbocycles. The van der Waals surface area contributed by atoms with E-state index >= 15 is 0 Å². The van der Waals surface area contributed by atoms with Gasteiger partial charge < -0.3 is 10.1 Å². The van der Waals surface area contributed by atoms with Crippen LogP contribution in [0.4, 0.5) is 5.69 Å². The van der Waals surface area contributed by atoms with E-state index in [0.717, 1.165) is 35.8 Å². The quantitative estimate of drug-likeness (QED) is 0.691. The summed E-state index contributed by atoms with van der Waals surface area (Å²) in [6, 6.07) is 13.8. The minimum atomic E-state index is -0.204. The van der Waals surface area contributed by atoms with E-state index in [9.17, 15) is 4.79 Å². The molecule has 0 saturated carbocycles. The van der Waals surface area contributed by atoms with Crippen molar-refractivity contribution in [3.8, 4) is 5.88 Å². The minimum absolute atomic E-state index is 0.204. The topological polar surface area (TPSA) is 56.2 Å². The molecule has 2 aromatic carbocycles. The summed E-state index contributed by atoms with van der Waals surface area (Å²) in [5.74, 6) is 0.192. The average molecular weight is 337 g/mol. The first-order valence-electron chi connectivity index (χ1n) is 8.72. The van der Waals surface area contributed by atoms with Crippen LogP contribution in [0.3, 0.4) is 0 Å². The van der Waals surface area contributed by atoms with E-state index in [1.54, 1.807) is 10.9 Å². The van der Waals surface area contributed by atoms with Gasteiger partial charge in [0.25, 0.3) is 5.91 Å². The van der Waals surface area contributed by atoms with Gasteiger partial charge in [0.15, 0.2) is 0 Å². The molecule has 1 N–H and O–H groups in total. The smallest absolute Gasteiger partial charge is 0.262 e. The van der Waals surface area contributed by atoms with E-state index in [1.165, 1.54) is 0 Å². The molecular weight excluding hydrogens is 314 g/mol. The number of ether oxygens (including phenoxy) is 1. The van der Waals surface area contributed by atoms with Crippen molar-refractivity contribution in [3.05, 3.63) is 54.2 Å². The van der Waals surface area contributed by atoms with Crippen molar-refractivity contribution in [1.29, 1.82) is 0 Å². The van der Waals surface area contributed by atoms with Gasteiger partial charge in [0, 0.05) is 23.8 Å². The van der Waals surface area contributed by atoms with Gasteiger partial charge in [-0.1, -0.05) is 50.2 Å². The average Bonchev–Trinajstić information content (AvgIpc) is 3.03. The Kier molecular flexibility index (Phi) is 5.33. The fourth-order valence-corrected chi connectivity index (χ4v) is 2.73. The maximum atomic E-state index is 12.8. The first kappa shape index (κ1) is 17.0. The minimum Gasteiger partial charge on any atom is -0.476 e. The van der Waals surface area contributed by atoms with E-state index in [4.69, 9.17) is 4.74 Å². The summed E-state index contributed by atoms with van der Waals surface area (Å²) in [6.45, 7) is 5.39. The Morgan fingerprint density at radius 1 is 1.12 bits per heavy atom. The number of fused-ring (bicyclic) bond motifs is 1. The molecule has 25 heavy (non-hydrogen) atoms. The number of aryl methyl sites for hydroxylation is 1. The number of nitrogens with one attached hydrogen (secondary N) is 1. The van der Waals surface area contributed by atoms with Crippen LogP contribution in [0.25, 0.3) is 10.8 Å². The normalized spacial score (nSPS) is 10.8. The van der Waals surface area contributed by atoms with Crippen molar-refractivity contribution in [2.24, 2.45) is 0 Å². The molecule has 0 atom stereocenters. The third kappa shape index (κ3) is 3.82. The summed E-state index contributed by atoms with van der Waals surface area (Å²) < 4.78 is 7.43. The number of carbonyl (C=O) groups excluding carboxylic acids is 1. The zero-order chi connectivity index (χ0) is 17.6. The van der Waals surface area contributed by atoms with Crippen molar-refractivity contribution in [1.82, 2.24) is 9.78 Å². The molecule has 3 aromatic rings. The molecule has 1 amide bonds. The molecule has 5 nitrogen and oxygen atoms in total. The molecule has 5 heteroatoms. The SMILES string of the molecule is CCCOc1nn(CCC)cc1C(=O)Nc1cccc2ccccc12. The number of benzene rings is 2. The zero-order valence-corrected chi connectivity index (χ0v) is 14.7. The van der Waals surface area contributed by atoms with Gasteiger partial charge in [-0.3, -0.25) is 9.48 Å². The van der Waals surface area contributed by atoms with Gasteiger partial charge in [0.05, 0.1) is 6.61 Å². The highest BCUT2D eigenvalue weighted by molar-refractivity contribution is 6.10. The second kappa shape index (κ2) is 7.83. The third-order valence-electron chi connectivity index (χ3n) is 3.91. The highest BCUT2D eigenvalue weighted by Crippen LogP contribution is 2.25. The number of hydrogen-bond acceptors (Lipinski definition) is 3. The molecule has 0 fully saturated rings. The van der Waals surface area contributed by atoms with Crippen molar-refractivity contribution in [2.75, 3.05) is 11.9 Å². The Bertz CT molecular complexity index is 865. The number of rotatable bonds is 7. The first-order chi connectivity index (χ1) is 12.2. The Morgan fingerprint density at radius 2 is 1.92 bits per heavy atom. The highest BCUT2D eigenvalue weighted by Gasteiger charge is 2.18. The molecule has 130 valence electrons. The Morgan fingerprint density at radius 3 is 2.72 bits per heavy atom. The predicted molar refractivity (Wildman–Crippen MR) is 100 cm³/mol. The molecule has 0 aliphatic heterocycles. The van der Waals surface area contributed by atoms with Gasteiger partial charge in [0.1, 0.15) is 5.56 Å². The van der Waals surface area contributed by atoms with Crippen LogP contribution in [-0.2, 0) is 6.54 Å². The van der Waals surface area contributed by atoms with E-state index in [2.05, 4.69) is 17.3 Å². The van der Waals surface area contributed by atoms with Gasteiger partial charge in [0.2, 0.25) is 5.88 Å². The first-order valence-corrected chi connectivity index (χ1v) is 8.72. The van der Waals surface area contributed by atoms with Gasteiger partial charge in [-0.25, -0.2) is 0 Å². The third-order valence-corrected chi connectivity index (χ3v) is 3.91. The second-order valence-electron chi connectivity index (χ2n) is 5.94. The van der Waals surface area contributed by atoms with E-state index in [0.29, 0.717) is 18.1 Å². The van der Waals surface area contributed by atoms with Crippen LogP contribution in [0.15, 0.2) is 48.7 Å². The maximum absolute atomic E-state index is 12.8. The molecule has 0 aliphatic rings. The standard InChI is InChI=1S/C20H23N3O2/c1-3-12-23-14-17(20(22-23)25-13-4-2)19(24)21-18-11-7-9-15-8-5-6-10-16(15)18/h5-11,14H,3-4,12-13H2,1-2H3,(H,21,24). The van der Waals surface area contributed by atoms with Crippen LogP contribution >= 0.6 is 0 Å². The molecule has 0 unspecified atom stereocenters. The monoisotopic (exact) mass is 337 g/mol. The van der Waals surface area contributed by atoms with Crippen LogP contribution in [0.5, 0.6) is 5.88 Å². The lowest BCUT2D eigenvalue weighted by molar-refractivity contribution is 0.102. The van der Waals surface area contributed by atoms with Crippen molar-refractivity contribution >= 4 is 22.4 Å². The lowest BCUT2D eigenvalue weighted by atomic mass is 10.1. The molecule has 0 saturated heterocycles. The second-order valence-corrected chi connectivity index (χ2v) is 5.94. The van der Waals surface area contributed by atoms with E-state index in [-0.39, 0.29) is 5.91 Å². The molecule has 1 heterocycles. The molecule has 0 radical (unpaired) electrons. The number of anilines is 1. The molecule has 0 bridgehead atoms. The lowest BCUT2D eigenvalue weighted by Crippen LogP contribution is -2.13. The van der Waals surface area contributed by atoms with Crippen LogP contribution in [0.2, 0.25) is 0 Å².